The van der Waals surface area contributed by atoms with E-state index in [0.717, 1.165) is 12.8 Å². The second kappa shape index (κ2) is 13.4. The summed E-state index contributed by atoms with van der Waals surface area (Å²) >= 11 is 6.40. The fourth-order valence-corrected chi connectivity index (χ4v) is 4.87. The van der Waals surface area contributed by atoms with Crippen molar-refractivity contribution in [1.82, 2.24) is 5.32 Å². The zero-order valence-corrected chi connectivity index (χ0v) is 16.3. The monoisotopic (exact) mass is 361 g/mol. The molecule has 1 rings (SSSR count). The Labute approximate surface area is 152 Å². The highest BCUT2D eigenvalue weighted by Crippen LogP contribution is 2.26. The maximum absolute atomic E-state index is 10.9. The summed E-state index contributed by atoms with van der Waals surface area (Å²) in [5.74, 6) is -0.0518. The summed E-state index contributed by atoms with van der Waals surface area (Å²) in [7, 11) is 0. The summed E-state index contributed by atoms with van der Waals surface area (Å²) < 4.78 is 0. The molecule has 5 heteroatoms. The van der Waals surface area contributed by atoms with E-state index in [1.54, 1.807) is 11.8 Å². The Kier molecular flexibility index (Phi) is 12.4. The van der Waals surface area contributed by atoms with Gasteiger partial charge in [-0.3, -0.25) is 10.1 Å². The van der Waals surface area contributed by atoms with Gasteiger partial charge in [-0.2, -0.15) is 12.6 Å². The molecule has 23 heavy (non-hydrogen) atoms. The molecule has 0 amide bonds. The second-order valence-electron chi connectivity index (χ2n) is 6.74. The molecule has 0 aliphatic carbocycles. The number of carboxylic acid groups (broad SMARTS) is 1. The maximum atomic E-state index is 10.9. The lowest BCUT2D eigenvalue weighted by atomic mass is 10.0. The molecule has 3 nitrogen and oxygen atoms in total. The number of carbonyl (C=O) groups is 1. The van der Waals surface area contributed by atoms with E-state index >= 15 is 0 Å². The third-order valence-corrected chi connectivity index (χ3v) is 6.25. The van der Waals surface area contributed by atoms with Crippen molar-refractivity contribution in [3.8, 4) is 0 Å². The Bertz CT molecular complexity index is 315. The molecule has 1 heterocycles. The normalized spacial score (nSPS) is 22.3. The number of aliphatic carboxylic acids is 1. The summed E-state index contributed by atoms with van der Waals surface area (Å²) in [5, 5.41) is 12.8. The van der Waals surface area contributed by atoms with Crippen molar-refractivity contribution < 1.29 is 9.90 Å². The van der Waals surface area contributed by atoms with Crippen LogP contribution in [-0.4, -0.2) is 33.5 Å². The van der Waals surface area contributed by atoms with E-state index in [1.165, 1.54) is 64.2 Å². The lowest BCUT2D eigenvalue weighted by Gasteiger charge is -2.16. The molecule has 0 aromatic rings. The molecule has 0 aromatic carbocycles. The van der Waals surface area contributed by atoms with Crippen molar-refractivity contribution in [2.45, 2.75) is 101 Å². The molecule has 0 spiro atoms. The Morgan fingerprint density at radius 3 is 2.22 bits per heavy atom. The Morgan fingerprint density at radius 2 is 1.70 bits per heavy atom. The second-order valence-corrected chi connectivity index (χ2v) is 8.71. The summed E-state index contributed by atoms with van der Waals surface area (Å²) in [4.78, 5) is 10.9. The predicted molar refractivity (Wildman–Crippen MR) is 105 cm³/mol. The van der Waals surface area contributed by atoms with Crippen LogP contribution in [0.25, 0.3) is 0 Å². The van der Waals surface area contributed by atoms with E-state index < -0.39 is 5.97 Å². The first-order valence-electron chi connectivity index (χ1n) is 9.42. The molecule has 3 unspecified atom stereocenters. The average molecular weight is 362 g/mol. The van der Waals surface area contributed by atoms with Crippen LogP contribution in [0.3, 0.4) is 0 Å². The van der Waals surface area contributed by atoms with Crippen molar-refractivity contribution >= 4 is 30.4 Å². The molecule has 2 N–H and O–H groups in total. The zero-order chi connectivity index (χ0) is 16.9. The van der Waals surface area contributed by atoms with Gasteiger partial charge in [0.05, 0.1) is 5.37 Å². The number of rotatable bonds is 14. The minimum Gasteiger partial charge on any atom is -0.480 e. The first-order valence-corrected chi connectivity index (χ1v) is 11.0. The molecule has 1 aliphatic rings. The van der Waals surface area contributed by atoms with E-state index in [2.05, 4.69) is 24.9 Å². The van der Waals surface area contributed by atoms with Gasteiger partial charge in [-0.1, -0.05) is 71.1 Å². The van der Waals surface area contributed by atoms with Crippen LogP contribution in [0.4, 0.5) is 0 Å². The summed E-state index contributed by atoms with van der Waals surface area (Å²) in [6.07, 6.45) is 15.8. The van der Waals surface area contributed by atoms with Crippen molar-refractivity contribution in [1.29, 1.82) is 0 Å². The molecule has 3 atom stereocenters. The number of hydrogen-bond acceptors (Lipinski definition) is 4. The Balaban J connectivity index is 1.89. The van der Waals surface area contributed by atoms with Crippen molar-refractivity contribution in [3.63, 3.8) is 0 Å². The van der Waals surface area contributed by atoms with Gasteiger partial charge in [0, 0.05) is 11.0 Å². The molecule has 0 saturated carbocycles. The minimum absolute atomic E-state index is 0.265. The molecular weight excluding hydrogens is 326 g/mol. The quantitative estimate of drug-likeness (QED) is 0.297. The van der Waals surface area contributed by atoms with Gasteiger partial charge in [0.25, 0.3) is 0 Å². The number of thiol groups is 1. The first-order chi connectivity index (χ1) is 11.1. The van der Waals surface area contributed by atoms with Gasteiger partial charge >= 0.3 is 5.97 Å². The Hall–Kier alpha value is 0.130. The van der Waals surface area contributed by atoms with Crippen molar-refractivity contribution in [2.24, 2.45) is 0 Å². The highest BCUT2D eigenvalue weighted by atomic mass is 32.2. The number of carboxylic acids is 1. The van der Waals surface area contributed by atoms with E-state index in [0.29, 0.717) is 11.0 Å². The maximum Gasteiger partial charge on any atom is 0.321 e. The smallest absolute Gasteiger partial charge is 0.321 e. The van der Waals surface area contributed by atoms with Crippen LogP contribution in [0.5, 0.6) is 0 Å². The van der Waals surface area contributed by atoms with Gasteiger partial charge in [-0.25, -0.2) is 0 Å². The molecule has 0 bridgehead atoms. The minimum atomic E-state index is -0.731. The van der Waals surface area contributed by atoms with Gasteiger partial charge in [-0.15, -0.1) is 11.8 Å². The SMILES string of the molecule is CCCCCCCCCCCCC(S)CC1NC(C(=O)O)CS1. The topological polar surface area (TPSA) is 49.3 Å². The predicted octanol–water partition coefficient (Wildman–Crippen LogP) is 5.10. The molecular formula is C18H35NO2S2. The van der Waals surface area contributed by atoms with E-state index in [4.69, 9.17) is 5.11 Å². The standard InChI is InChI=1S/C18H35NO2S2/c1-2-3-4-5-6-7-8-9-10-11-12-15(22)13-17-19-16(14-23-17)18(20)21/h15-17,19,22H,2-14H2,1H3,(H,20,21). The lowest BCUT2D eigenvalue weighted by molar-refractivity contribution is -0.138. The first kappa shape index (κ1) is 21.2. The van der Waals surface area contributed by atoms with Crippen LogP contribution in [0.2, 0.25) is 0 Å². The van der Waals surface area contributed by atoms with Crippen LogP contribution in [-0.2, 0) is 4.79 Å². The van der Waals surface area contributed by atoms with E-state index in [9.17, 15) is 4.79 Å². The highest BCUT2D eigenvalue weighted by Gasteiger charge is 2.30. The molecule has 1 saturated heterocycles. The van der Waals surface area contributed by atoms with Crippen molar-refractivity contribution in [2.75, 3.05) is 5.75 Å². The van der Waals surface area contributed by atoms with Crippen LogP contribution in [0.1, 0.15) is 84.0 Å². The number of nitrogens with one attached hydrogen (secondary N) is 1. The van der Waals surface area contributed by atoms with Gasteiger partial charge in [0.15, 0.2) is 0 Å². The average Bonchev–Trinajstić information content (AvgIpc) is 2.98. The van der Waals surface area contributed by atoms with Gasteiger partial charge < -0.3 is 5.11 Å². The summed E-state index contributed by atoms with van der Waals surface area (Å²) in [5.41, 5.74) is 0. The summed E-state index contributed by atoms with van der Waals surface area (Å²) in [6.45, 7) is 2.26. The van der Waals surface area contributed by atoms with Gasteiger partial charge in [0.2, 0.25) is 0 Å². The number of thioether (sulfide) groups is 1. The van der Waals surface area contributed by atoms with Crippen LogP contribution in [0, 0.1) is 0 Å². The fourth-order valence-electron chi connectivity index (χ4n) is 3.04. The van der Waals surface area contributed by atoms with Gasteiger partial charge in [0.1, 0.15) is 6.04 Å². The zero-order valence-electron chi connectivity index (χ0n) is 14.6. The third kappa shape index (κ3) is 10.6. The lowest BCUT2D eigenvalue weighted by Crippen LogP contribution is -2.37. The molecule has 1 fully saturated rings. The molecule has 1 aliphatic heterocycles. The molecule has 136 valence electrons. The van der Waals surface area contributed by atoms with Crippen molar-refractivity contribution in [3.05, 3.63) is 0 Å². The molecule has 0 aromatic heterocycles. The largest absolute Gasteiger partial charge is 0.480 e. The molecule has 0 radical (unpaired) electrons. The van der Waals surface area contributed by atoms with Crippen LogP contribution >= 0.6 is 24.4 Å². The third-order valence-electron chi connectivity index (χ3n) is 4.53. The summed E-state index contributed by atoms with van der Waals surface area (Å²) in [6, 6.07) is -0.372. The number of hydrogen-bond donors (Lipinski definition) is 3. The van der Waals surface area contributed by atoms with Crippen LogP contribution < -0.4 is 5.32 Å². The fraction of sp³-hybridized carbons (Fsp3) is 0.944. The van der Waals surface area contributed by atoms with E-state index in [-0.39, 0.29) is 11.4 Å². The Morgan fingerprint density at radius 1 is 1.13 bits per heavy atom. The highest BCUT2D eigenvalue weighted by molar-refractivity contribution is 8.00. The van der Waals surface area contributed by atoms with Gasteiger partial charge in [-0.05, 0) is 12.8 Å². The number of unbranched alkanes of at least 4 members (excludes halogenated alkanes) is 9. The van der Waals surface area contributed by atoms with E-state index in [1.807, 2.05) is 0 Å². The van der Waals surface area contributed by atoms with Crippen LogP contribution in [0.15, 0.2) is 0 Å².